The minimum atomic E-state index is 0.311. The first kappa shape index (κ1) is 13.2. The second kappa shape index (κ2) is 5.28. The van der Waals surface area contributed by atoms with Crippen LogP contribution in [0.3, 0.4) is 0 Å². The van der Waals surface area contributed by atoms with Crippen LogP contribution in [0.15, 0.2) is 6.07 Å². The zero-order valence-corrected chi connectivity index (χ0v) is 12.3. The highest BCUT2D eigenvalue weighted by atomic mass is 15.3. The largest absolute Gasteiger partial charge is 0.327 e. The summed E-state index contributed by atoms with van der Waals surface area (Å²) in [7, 11) is 0. The molecule has 0 saturated heterocycles. The first-order valence-corrected chi connectivity index (χ1v) is 7.94. The molecule has 0 aromatic carbocycles. The molecule has 2 fully saturated rings. The van der Waals surface area contributed by atoms with Gasteiger partial charge in [0.15, 0.2) is 0 Å². The Bertz CT molecular complexity index is 437. The molecule has 2 aliphatic rings. The van der Waals surface area contributed by atoms with Crippen LogP contribution in [0.1, 0.15) is 50.4 Å². The third-order valence-corrected chi connectivity index (χ3v) is 5.25. The molecule has 0 spiro atoms. The Morgan fingerprint density at radius 1 is 1.42 bits per heavy atom. The van der Waals surface area contributed by atoms with Gasteiger partial charge in [0.05, 0.1) is 5.69 Å². The number of fused-ring (bicyclic) bond motifs is 2. The summed E-state index contributed by atoms with van der Waals surface area (Å²) in [6, 6.07) is 2.51. The fourth-order valence-electron chi connectivity index (χ4n) is 4.44. The summed E-state index contributed by atoms with van der Waals surface area (Å²) in [5.41, 5.74) is 8.84. The molecule has 3 heteroatoms. The molecule has 4 unspecified atom stereocenters. The van der Waals surface area contributed by atoms with Crippen molar-refractivity contribution in [3.05, 3.63) is 17.5 Å². The van der Waals surface area contributed by atoms with Crippen LogP contribution >= 0.6 is 0 Å². The number of aryl methyl sites for hydroxylation is 2. The van der Waals surface area contributed by atoms with Crippen LogP contribution in [-0.4, -0.2) is 15.8 Å². The molecule has 4 atom stereocenters. The fourth-order valence-corrected chi connectivity index (χ4v) is 4.44. The van der Waals surface area contributed by atoms with Gasteiger partial charge in [0.25, 0.3) is 0 Å². The molecule has 2 bridgehead atoms. The van der Waals surface area contributed by atoms with Gasteiger partial charge in [0.1, 0.15) is 0 Å². The van der Waals surface area contributed by atoms with Crippen molar-refractivity contribution in [3.63, 3.8) is 0 Å². The Labute approximate surface area is 116 Å². The van der Waals surface area contributed by atoms with Gasteiger partial charge in [-0.2, -0.15) is 5.10 Å². The van der Waals surface area contributed by atoms with E-state index in [0.717, 1.165) is 36.4 Å². The Hall–Kier alpha value is -0.830. The molecule has 1 aromatic rings. The van der Waals surface area contributed by atoms with Gasteiger partial charge in [-0.25, -0.2) is 0 Å². The maximum Gasteiger partial charge on any atom is 0.0596 e. The normalized spacial score (nSPS) is 31.0. The molecule has 3 rings (SSSR count). The van der Waals surface area contributed by atoms with E-state index in [2.05, 4.69) is 29.7 Å². The number of hydrogen-bond donors (Lipinski definition) is 1. The Balaban J connectivity index is 1.57. The average molecular weight is 261 g/mol. The van der Waals surface area contributed by atoms with Crippen LogP contribution in [0, 0.1) is 24.7 Å². The van der Waals surface area contributed by atoms with Crippen LogP contribution < -0.4 is 5.73 Å². The summed E-state index contributed by atoms with van der Waals surface area (Å²) in [5.74, 6) is 2.94. The summed E-state index contributed by atoms with van der Waals surface area (Å²) in [6.45, 7) is 5.17. The third-order valence-electron chi connectivity index (χ3n) is 5.25. The van der Waals surface area contributed by atoms with E-state index in [1.807, 2.05) is 0 Å². The Kier molecular flexibility index (Phi) is 3.66. The molecule has 3 nitrogen and oxygen atoms in total. The summed E-state index contributed by atoms with van der Waals surface area (Å²) in [4.78, 5) is 0. The molecular formula is C16H27N3. The molecule has 0 radical (unpaired) electrons. The van der Waals surface area contributed by atoms with Gasteiger partial charge in [-0.1, -0.05) is 6.42 Å². The van der Waals surface area contributed by atoms with Crippen molar-refractivity contribution in [2.75, 3.05) is 0 Å². The van der Waals surface area contributed by atoms with Crippen LogP contribution in [-0.2, 0) is 13.0 Å². The lowest BCUT2D eigenvalue weighted by Crippen LogP contribution is -2.29. The number of aromatic nitrogens is 2. The lowest BCUT2D eigenvalue weighted by atomic mass is 9.83. The second-order valence-corrected chi connectivity index (χ2v) is 6.73. The van der Waals surface area contributed by atoms with Gasteiger partial charge in [0, 0.05) is 24.7 Å². The van der Waals surface area contributed by atoms with E-state index in [0.29, 0.717) is 6.04 Å². The van der Waals surface area contributed by atoms with Crippen molar-refractivity contribution in [1.29, 1.82) is 0 Å². The van der Waals surface area contributed by atoms with Crippen molar-refractivity contribution < 1.29 is 0 Å². The van der Waals surface area contributed by atoms with E-state index >= 15 is 0 Å². The summed E-state index contributed by atoms with van der Waals surface area (Å²) in [5, 5.41) is 4.51. The molecular weight excluding hydrogens is 234 g/mol. The molecule has 1 aromatic heterocycles. The number of nitrogens with two attached hydrogens (primary N) is 1. The maximum absolute atomic E-state index is 6.41. The van der Waals surface area contributed by atoms with Crippen molar-refractivity contribution in [2.24, 2.45) is 23.5 Å². The van der Waals surface area contributed by atoms with Crippen molar-refractivity contribution in [3.8, 4) is 0 Å². The van der Waals surface area contributed by atoms with Crippen molar-refractivity contribution in [1.82, 2.24) is 9.78 Å². The average Bonchev–Trinajstić information content (AvgIpc) is 3.04. The van der Waals surface area contributed by atoms with Gasteiger partial charge in [-0.15, -0.1) is 0 Å². The van der Waals surface area contributed by atoms with Crippen LogP contribution in [0.5, 0.6) is 0 Å². The highest BCUT2D eigenvalue weighted by Crippen LogP contribution is 2.49. The Morgan fingerprint density at radius 3 is 2.89 bits per heavy atom. The quantitative estimate of drug-likeness (QED) is 0.885. The molecule has 0 aliphatic heterocycles. The van der Waals surface area contributed by atoms with Crippen LogP contribution in [0.4, 0.5) is 0 Å². The van der Waals surface area contributed by atoms with Crippen molar-refractivity contribution in [2.45, 2.75) is 65.0 Å². The van der Waals surface area contributed by atoms with Crippen molar-refractivity contribution >= 4 is 0 Å². The minimum absolute atomic E-state index is 0.311. The highest BCUT2D eigenvalue weighted by molar-refractivity contribution is 5.10. The van der Waals surface area contributed by atoms with Gasteiger partial charge >= 0.3 is 0 Å². The van der Waals surface area contributed by atoms with E-state index in [9.17, 15) is 0 Å². The zero-order valence-electron chi connectivity index (χ0n) is 12.3. The molecule has 2 aliphatic carbocycles. The predicted octanol–water partition coefficient (Wildman–Crippen LogP) is 2.91. The standard InChI is InChI=1S/C16H27N3/c1-3-19-16(6-11(2)18-19)10-15(17)9-14-8-12-4-5-13(14)7-12/h6,12-15H,3-5,7-10,17H2,1-2H3. The summed E-state index contributed by atoms with van der Waals surface area (Å²) < 4.78 is 2.11. The van der Waals surface area contributed by atoms with Gasteiger partial charge < -0.3 is 5.73 Å². The molecule has 1 heterocycles. The third kappa shape index (κ3) is 2.71. The molecule has 2 N–H and O–H groups in total. The van der Waals surface area contributed by atoms with Gasteiger partial charge in [0.2, 0.25) is 0 Å². The predicted molar refractivity (Wildman–Crippen MR) is 77.9 cm³/mol. The zero-order chi connectivity index (χ0) is 13.4. The lowest BCUT2D eigenvalue weighted by molar-refractivity contribution is 0.293. The SMILES string of the molecule is CCn1nc(C)cc1CC(N)CC1CC2CCC1C2. The smallest absolute Gasteiger partial charge is 0.0596 e. The first-order chi connectivity index (χ1) is 9.15. The second-order valence-electron chi connectivity index (χ2n) is 6.73. The van der Waals surface area contributed by atoms with E-state index < -0.39 is 0 Å². The van der Waals surface area contributed by atoms with E-state index in [1.54, 1.807) is 0 Å². The van der Waals surface area contributed by atoms with E-state index in [1.165, 1.54) is 37.8 Å². The number of nitrogens with zero attached hydrogens (tertiary/aromatic N) is 2. The van der Waals surface area contributed by atoms with Crippen LogP contribution in [0.25, 0.3) is 0 Å². The van der Waals surface area contributed by atoms with Crippen LogP contribution in [0.2, 0.25) is 0 Å². The molecule has 19 heavy (non-hydrogen) atoms. The monoisotopic (exact) mass is 261 g/mol. The fraction of sp³-hybridized carbons (Fsp3) is 0.812. The number of rotatable bonds is 5. The first-order valence-electron chi connectivity index (χ1n) is 7.94. The topological polar surface area (TPSA) is 43.8 Å². The van der Waals surface area contributed by atoms with E-state index in [4.69, 9.17) is 5.73 Å². The van der Waals surface area contributed by atoms with Gasteiger partial charge in [-0.05, 0) is 63.4 Å². The van der Waals surface area contributed by atoms with E-state index in [-0.39, 0.29) is 0 Å². The highest BCUT2D eigenvalue weighted by Gasteiger charge is 2.39. The summed E-state index contributed by atoms with van der Waals surface area (Å²) in [6.07, 6.45) is 8.09. The molecule has 2 saturated carbocycles. The molecule has 106 valence electrons. The maximum atomic E-state index is 6.41. The Morgan fingerprint density at radius 2 is 2.26 bits per heavy atom. The minimum Gasteiger partial charge on any atom is -0.327 e. The lowest BCUT2D eigenvalue weighted by Gasteiger charge is -2.24. The number of hydrogen-bond acceptors (Lipinski definition) is 2. The molecule has 0 amide bonds. The summed E-state index contributed by atoms with van der Waals surface area (Å²) >= 11 is 0. The van der Waals surface area contributed by atoms with Gasteiger partial charge in [-0.3, -0.25) is 4.68 Å².